The normalized spacial score (nSPS) is 15.5. The van der Waals surface area contributed by atoms with Crippen molar-refractivity contribution in [2.75, 3.05) is 6.54 Å². The van der Waals surface area contributed by atoms with Crippen LogP contribution in [0.5, 0.6) is 0 Å². The minimum Gasteiger partial charge on any atom is -0.481 e. The van der Waals surface area contributed by atoms with E-state index in [1.165, 1.54) is 23.7 Å². The molecule has 0 spiro atoms. The molecule has 0 unspecified atom stereocenters. The summed E-state index contributed by atoms with van der Waals surface area (Å²) in [6.07, 6.45) is 11.6. The summed E-state index contributed by atoms with van der Waals surface area (Å²) in [7, 11) is 0. The first-order valence-electron chi connectivity index (χ1n) is 10.6. The summed E-state index contributed by atoms with van der Waals surface area (Å²) in [5.41, 5.74) is 2.32. The van der Waals surface area contributed by atoms with Crippen LogP contribution in [0.4, 0.5) is 0 Å². The molecule has 1 aliphatic rings. The first-order chi connectivity index (χ1) is 14.0. The second-order valence-electron chi connectivity index (χ2n) is 7.40. The van der Waals surface area contributed by atoms with Crippen molar-refractivity contribution < 1.29 is 14.7 Å². The summed E-state index contributed by atoms with van der Waals surface area (Å²) in [6, 6.07) is 8.29. The molecule has 4 nitrogen and oxygen atoms in total. The highest BCUT2D eigenvalue weighted by atomic mass is 32.2. The zero-order valence-corrected chi connectivity index (χ0v) is 18.8. The van der Waals surface area contributed by atoms with Gasteiger partial charge in [-0.1, -0.05) is 93.7 Å². The van der Waals surface area contributed by atoms with E-state index < -0.39 is 5.97 Å². The second-order valence-corrected chi connectivity index (χ2v) is 9.08. The molecule has 1 amide bonds. The molecule has 0 aliphatic carbocycles. The number of aliphatic carboxylic acids is 1. The van der Waals surface area contributed by atoms with Crippen molar-refractivity contribution in [2.24, 2.45) is 0 Å². The molecular weight excluding hydrogens is 402 g/mol. The van der Waals surface area contributed by atoms with Crippen LogP contribution in [0.2, 0.25) is 0 Å². The minimum atomic E-state index is -0.704. The molecule has 0 atom stereocenters. The molecule has 0 saturated carbocycles. The van der Waals surface area contributed by atoms with E-state index in [1.54, 1.807) is 4.90 Å². The number of benzene rings is 1. The molecule has 1 N–H and O–H groups in total. The van der Waals surface area contributed by atoms with E-state index in [0.29, 0.717) is 15.8 Å². The van der Waals surface area contributed by atoms with E-state index in [-0.39, 0.29) is 12.3 Å². The number of amides is 1. The van der Waals surface area contributed by atoms with Gasteiger partial charge < -0.3 is 5.11 Å². The Morgan fingerprint density at radius 1 is 1.03 bits per heavy atom. The number of thioether (sulfide) groups is 1. The third-order valence-corrected chi connectivity index (χ3v) is 6.46. The lowest BCUT2D eigenvalue weighted by Gasteiger charge is -2.14. The fourth-order valence-corrected chi connectivity index (χ4v) is 4.61. The molecule has 1 saturated heterocycles. The standard InChI is InChI=1S/C23H31NO3S2/c1-2-18-12-14-19(15-13-18)17-20-22(27)24(23(28)29-20)16-10-8-6-4-3-5-7-9-11-21(25)26/h12-15,17H,2-11,16H2,1H3,(H,25,26). The van der Waals surface area contributed by atoms with Gasteiger partial charge in [0, 0.05) is 13.0 Å². The molecule has 1 aromatic rings. The fraction of sp³-hybridized carbons (Fsp3) is 0.522. The number of aryl methyl sites for hydroxylation is 1. The van der Waals surface area contributed by atoms with Crippen LogP contribution in [0.1, 0.15) is 75.8 Å². The predicted molar refractivity (Wildman–Crippen MR) is 125 cm³/mol. The zero-order chi connectivity index (χ0) is 21.1. The van der Waals surface area contributed by atoms with Gasteiger partial charge in [-0.15, -0.1) is 0 Å². The van der Waals surface area contributed by atoms with Crippen molar-refractivity contribution in [1.82, 2.24) is 4.90 Å². The average molecular weight is 434 g/mol. The Hall–Kier alpha value is -1.66. The minimum absolute atomic E-state index is 0.0259. The van der Waals surface area contributed by atoms with Gasteiger partial charge in [-0.05, 0) is 36.5 Å². The smallest absolute Gasteiger partial charge is 0.303 e. The molecule has 0 radical (unpaired) electrons. The highest BCUT2D eigenvalue weighted by Crippen LogP contribution is 2.32. The Kier molecular flexibility index (Phi) is 10.4. The lowest BCUT2D eigenvalue weighted by molar-refractivity contribution is -0.137. The van der Waals surface area contributed by atoms with Gasteiger partial charge in [0.25, 0.3) is 5.91 Å². The molecular formula is C23H31NO3S2. The number of carboxylic acid groups (broad SMARTS) is 1. The maximum absolute atomic E-state index is 12.7. The van der Waals surface area contributed by atoms with E-state index in [0.717, 1.165) is 56.9 Å². The van der Waals surface area contributed by atoms with Crippen LogP contribution in [0.15, 0.2) is 29.2 Å². The van der Waals surface area contributed by atoms with Crippen molar-refractivity contribution in [2.45, 2.75) is 71.1 Å². The van der Waals surface area contributed by atoms with E-state index in [1.807, 2.05) is 18.2 Å². The number of hydrogen-bond donors (Lipinski definition) is 1. The van der Waals surface area contributed by atoms with Crippen LogP contribution >= 0.6 is 24.0 Å². The Labute approximate surface area is 183 Å². The number of carboxylic acids is 1. The summed E-state index contributed by atoms with van der Waals surface area (Å²) < 4.78 is 0.657. The van der Waals surface area contributed by atoms with Gasteiger partial charge in [-0.3, -0.25) is 14.5 Å². The van der Waals surface area contributed by atoms with Crippen molar-refractivity contribution in [3.8, 4) is 0 Å². The molecule has 0 aromatic heterocycles. The maximum Gasteiger partial charge on any atom is 0.303 e. The van der Waals surface area contributed by atoms with Crippen LogP contribution in [0.25, 0.3) is 6.08 Å². The summed E-state index contributed by atoms with van der Waals surface area (Å²) >= 11 is 6.81. The third kappa shape index (κ3) is 8.31. The van der Waals surface area contributed by atoms with E-state index in [9.17, 15) is 9.59 Å². The largest absolute Gasteiger partial charge is 0.481 e. The lowest BCUT2D eigenvalue weighted by Crippen LogP contribution is -2.29. The molecule has 2 rings (SSSR count). The average Bonchev–Trinajstić information content (AvgIpc) is 2.96. The van der Waals surface area contributed by atoms with Gasteiger partial charge in [0.1, 0.15) is 4.32 Å². The van der Waals surface area contributed by atoms with Gasteiger partial charge in [0.2, 0.25) is 0 Å². The molecule has 6 heteroatoms. The van der Waals surface area contributed by atoms with Gasteiger partial charge in [-0.2, -0.15) is 0 Å². The third-order valence-electron chi connectivity index (χ3n) is 5.08. The monoisotopic (exact) mass is 433 g/mol. The van der Waals surface area contributed by atoms with E-state index in [4.69, 9.17) is 17.3 Å². The Bertz CT molecular complexity index is 728. The second kappa shape index (κ2) is 12.8. The van der Waals surface area contributed by atoms with Crippen LogP contribution in [-0.2, 0) is 16.0 Å². The summed E-state index contributed by atoms with van der Waals surface area (Å²) in [4.78, 5) is 25.6. The molecule has 1 aromatic carbocycles. The van der Waals surface area contributed by atoms with E-state index in [2.05, 4.69) is 19.1 Å². The van der Waals surface area contributed by atoms with E-state index >= 15 is 0 Å². The van der Waals surface area contributed by atoms with Crippen molar-refractivity contribution in [3.05, 3.63) is 40.3 Å². The first-order valence-corrected chi connectivity index (χ1v) is 11.8. The molecule has 1 heterocycles. The predicted octanol–water partition coefficient (Wildman–Crippen LogP) is 6.05. The summed E-state index contributed by atoms with van der Waals surface area (Å²) in [5, 5.41) is 8.61. The zero-order valence-electron chi connectivity index (χ0n) is 17.2. The highest BCUT2D eigenvalue weighted by Gasteiger charge is 2.31. The fourth-order valence-electron chi connectivity index (χ4n) is 3.30. The lowest BCUT2D eigenvalue weighted by atomic mass is 10.1. The molecule has 1 fully saturated rings. The van der Waals surface area contributed by atoms with Crippen LogP contribution in [-0.4, -0.2) is 32.7 Å². The Morgan fingerprint density at radius 2 is 1.62 bits per heavy atom. The van der Waals surface area contributed by atoms with Crippen molar-refractivity contribution >= 4 is 46.3 Å². The van der Waals surface area contributed by atoms with Crippen LogP contribution in [0, 0.1) is 0 Å². The van der Waals surface area contributed by atoms with Gasteiger partial charge in [-0.25, -0.2) is 0 Å². The van der Waals surface area contributed by atoms with Crippen LogP contribution in [0.3, 0.4) is 0 Å². The Balaban J connectivity index is 1.65. The Morgan fingerprint density at radius 3 is 2.21 bits per heavy atom. The van der Waals surface area contributed by atoms with Crippen LogP contribution < -0.4 is 0 Å². The number of nitrogens with zero attached hydrogens (tertiary/aromatic N) is 1. The topological polar surface area (TPSA) is 57.6 Å². The number of unbranched alkanes of at least 4 members (excludes halogenated alkanes) is 7. The molecule has 0 bridgehead atoms. The quantitative estimate of drug-likeness (QED) is 0.233. The number of carbonyl (C=O) groups is 2. The van der Waals surface area contributed by atoms with Gasteiger partial charge >= 0.3 is 5.97 Å². The van der Waals surface area contributed by atoms with Gasteiger partial charge in [0.05, 0.1) is 4.91 Å². The molecule has 158 valence electrons. The van der Waals surface area contributed by atoms with Crippen molar-refractivity contribution in [1.29, 1.82) is 0 Å². The summed E-state index contributed by atoms with van der Waals surface area (Å²) in [6.45, 7) is 2.82. The maximum atomic E-state index is 12.7. The number of carbonyl (C=O) groups excluding carboxylic acids is 1. The summed E-state index contributed by atoms with van der Waals surface area (Å²) in [5.74, 6) is -0.678. The number of hydrogen-bond acceptors (Lipinski definition) is 4. The van der Waals surface area contributed by atoms with Gasteiger partial charge in [0.15, 0.2) is 0 Å². The highest BCUT2D eigenvalue weighted by molar-refractivity contribution is 8.26. The SMILES string of the molecule is CCc1ccc(C=C2SC(=S)N(CCCCCCCCCCC(=O)O)C2=O)cc1. The molecule has 29 heavy (non-hydrogen) atoms. The molecule has 1 aliphatic heterocycles. The number of thiocarbonyl (C=S) groups is 1. The first kappa shape index (κ1) is 23.6. The van der Waals surface area contributed by atoms with Crippen molar-refractivity contribution in [3.63, 3.8) is 0 Å². The number of rotatable bonds is 13.